The van der Waals surface area contributed by atoms with Crippen LogP contribution in [-0.4, -0.2) is 44.8 Å². The Morgan fingerprint density at radius 1 is 1.52 bits per heavy atom. The van der Waals surface area contributed by atoms with Crippen LogP contribution < -0.4 is 0 Å². The van der Waals surface area contributed by atoms with Crippen molar-refractivity contribution < 1.29 is 14.6 Å². The molecule has 0 radical (unpaired) electrons. The van der Waals surface area contributed by atoms with Crippen LogP contribution in [-0.2, 0) is 16.0 Å². The minimum Gasteiger partial charge on any atom is -0.481 e. The second-order valence-electron chi connectivity index (χ2n) is 6.00. The molecule has 2 unspecified atom stereocenters. The number of carboxylic acid groups (broad SMARTS) is 1. The Morgan fingerprint density at radius 3 is 2.76 bits per heavy atom. The zero-order valence-electron chi connectivity index (χ0n) is 13.0. The number of hydrogen-bond donors (Lipinski definition) is 1. The number of ether oxygens (including phenoxy) is 1. The van der Waals surface area contributed by atoms with E-state index in [-0.39, 0.29) is 23.3 Å². The van der Waals surface area contributed by atoms with E-state index in [1.165, 1.54) is 11.8 Å². The first kappa shape index (κ1) is 16.3. The van der Waals surface area contributed by atoms with Crippen LogP contribution in [0.1, 0.15) is 45.5 Å². The van der Waals surface area contributed by atoms with Crippen LogP contribution in [0.2, 0.25) is 0 Å². The van der Waals surface area contributed by atoms with Crippen molar-refractivity contribution in [3.05, 3.63) is 5.82 Å². The van der Waals surface area contributed by atoms with Crippen molar-refractivity contribution in [2.45, 2.75) is 57.3 Å². The summed E-state index contributed by atoms with van der Waals surface area (Å²) in [5.74, 6) is 0.109. The number of carbonyl (C=O) groups is 1. The molecule has 6 nitrogen and oxygen atoms in total. The molecule has 0 saturated heterocycles. The summed E-state index contributed by atoms with van der Waals surface area (Å²) in [7, 11) is 1.74. The third-order valence-electron chi connectivity index (χ3n) is 4.26. The lowest BCUT2D eigenvalue weighted by Gasteiger charge is -2.52. The maximum atomic E-state index is 10.8. The number of nitrogens with zero attached hydrogens (tertiary/aromatic N) is 3. The Hall–Kier alpha value is -1.08. The van der Waals surface area contributed by atoms with E-state index in [1.807, 2.05) is 0 Å². The normalized spacial score (nSPS) is 23.8. The highest BCUT2D eigenvalue weighted by Gasteiger charge is 2.51. The summed E-state index contributed by atoms with van der Waals surface area (Å²) in [6, 6.07) is 0.260. The number of hydrogen-bond acceptors (Lipinski definition) is 5. The predicted molar refractivity (Wildman–Crippen MR) is 80.6 cm³/mol. The van der Waals surface area contributed by atoms with Gasteiger partial charge in [-0.25, -0.2) is 0 Å². The van der Waals surface area contributed by atoms with E-state index in [0.717, 1.165) is 25.1 Å². The van der Waals surface area contributed by atoms with E-state index >= 15 is 0 Å². The standard InChI is InChI=1S/C14H23N3O3S/c1-5-6-11-15-16-13(21-8-12(18)19)17(11)9-7-10(20-4)14(9,2)3/h9-10H,5-8H2,1-4H3,(H,18,19). The zero-order chi connectivity index (χ0) is 15.6. The van der Waals surface area contributed by atoms with Crippen molar-refractivity contribution in [2.75, 3.05) is 12.9 Å². The van der Waals surface area contributed by atoms with Gasteiger partial charge in [0.1, 0.15) is 5.82 Å². The van der Waals surface area contributed by atoms with Crippen LogP contribution in [0, 0.1) is 5.41 Å². The van der Waals surface area contributed by atoms with Gasteiger partial charge in [-0.2, -0.15) is 0 Å². The summed E-state index contributed by atoms with van der Waals surface area (Å²) >= 11 is 1.24. The monoisotopic (exact) mass is 313 g/mol. The van der Waals surface area contributed by atoms with E-state index in [0.29, 0.717) is 5.16 Å². The molecule has 1 aromatic heterocycles. The van der Waals surface area contributed by atoms with E-state index in [2.05, 4.69) is 35.5 Å². The molecule has 1 N–H and O–H groups in total. The molecule has 0 bridgehead atoms. The highest BCUT2D eigenvalue weighted by Crippen LogP contribution is 2.52. The molecular weight excluding hydrogens is 290 g/mol. The average molecular weight is 313 g/mol. The van der Waals surface area contributed by atoms with Crippen LogP contribution in [0.5, 0.6) is 0 Å². The summed E-state index contributed by atoms with van der Waals surface area (Å²) in [6.07, 6.45) is 2.98. The van der Waals surface area contributed by atoms with Gasteiger partial charge in [0.2, 0.25) is 0 Å². The van der Waals surface area contributed by atoms with Gasteiger partial charge in [0.15, 0.2) is 5.16 Å². The average Bonchev–Trinajstić information content (AvgIpc) is 2.79. The molecule has 1 aliphatic rings. The highest BCUT2D eigenvalue weighted by molar-refractivity contribution is 7.99. The first-order chi connectivity index (χ1) is 9.91. The number of methoxy groups -OCH3 is 1. The minimum absolute atomic E-state index is 0.00183. The summed E-state index contributed by atoms with van der Waals surface area (Å²) in [5.41, 5.74) is -0.00183. The fraction of sp³-hybridized carbons (Fsp3) is 0.786. The molecule has 0 amide bonds. The fourth-order valence-corrected chi connectivity index (χ4v) is 3.66. The first-order valence-corrected chi connectivity index (χ1v) is 8.21. The number of thioether (sulfide) groups is 1. The van der Waals surface area contributed by atoms with Crippen LogP contribution in [0.25, 0.3) is 0 Å². The van der Waals surface area contributed by atoms with Crippen LogP contribution in [0.3, 0.4) is 0 Å². The van der Waals surface area contributed by atoms with Gasteiger partial charge in [0.05, 0.1) is 11.9 Å². The molecule has 21 heavy (non-hydrogen) atoms. The highest BCUT2D eigenvalue weighted by atomic mass is 32.2. The molecule has 2 atom stereocenters. The summed E-state index contributed by atoms with van der Waals surface area (Å²) in [4.78, 5) is 10.8. The SMILES string of the molecule is CCCc1nnc(SCC(=O)O)n1C1CC(OC)C1(C)C. The molecule has 1 heterocycles. The molecule has 7 heteroatoms. The summed E-state index contributed by atoms with van der Waals surface area (Å²) < 4.78 is 7.64. The molecular formula is C14H23N3O3S. The van der Waals surface area contributed by atoms with Crippen molar-refractivity contribution in [1.82, 2.24) is 14.8 Å². The number of carboxylic acids is 1. The van der Waals surface area contributed by atoms with Gasteiger partial charge in [-0.3, -0.25) is 4.79 Å². The van der Waals surface area contributed by atoms with Gasteiger partial charge >= 0.3 is 5.97 Å². The Bertz CT molecular complexity index is 516. The quantitative estimate of drug-likeness (QED) is 0.779. The second kappa shape index (κ2) is 6.36. The first-order valence-electron chi connectivity index (χ1n) is 7.23. The summed E-state index contributed by atoms with van der Waals surface area (Å²) in [5, 5.41) is 18.0. The Kier molecular flexibility index (Phi) is 4.93. The van der Waals surface area contributed by atoms with E-state index in [4.69, 9.17) is 9.84 Å². The molecule has 0 aliphatic heterocycles. The van der Waals surface area contributed by atoms with Gasteiger partial charge in [-0.05, 0) is 12.8 Å². The molecule has 0 spiro atoms. The lowest BCUT2D eigenvalue weighted by atomic mass is 9.64. The van der Waals surface area contributed by atoms with E-state index < -0.39 is 5.97 Å². The largest absolute Gasteiger partial charge is 0.481 e. The summed E-state index contributed by atoms with van der Waals surface area (Å²) in [6.45, 7) is 6.46. The molecule has 0 aromatic carbocycles. The van der Waals surface area contributed by atoms with Gasteiger partial charge in [-0.15, -0.1) is 10.2 Å². The Labute approximate surface area is 129 Å². The van der Waals surface area contributed by atoms with Crippen molar-refractivity contribution in [2.24, 2.45) is 5.41 Å². The maximum Gasteiger partial charge on any atom is 0.313 e. The van der Waals surface area contributed by atoms with Gasteiger partial charge < -0.3 is 14.4 Å². The molecule has 1 fully saturated rings. The zero-order valence-corrected chi connectivity index (χ0v) is 13.8. The van der Waals surface area contributed by atoms with E-state index in [1.54, 1.807) is 7.11 Å². The lowest BCUT2D eigenvalue weighted by molar-refractivity contribution is -0.133. The number of aliphatic carboxylic acids is 1. The minimum atomic E-state index is -0.839. The molecule has 1 saturated carbocycles. The molecule has 1 aromatic rings. The van der Waals surface area contributed by atoms with Crippen molar-refractivity contribution in [3.63, 3.8) is 0 Å². The lowest BCUT2D eigenvalue weighted by Crippen LogP contribution is -2.51. The van der Waals surface area contributed by atoms with Gasteiger partial charge in [0, 0.05) is 25.0 Å². The second-order valence-corrected chi connectivity index (χ2v) is 6.94. The molecule has 118 valence electrons. The number of rotatable bonds is 7. The molecule has 1 aliphatic carbocycles. The fourth-order valence-electron chi connectivity index (χ4n) is 2.94. The number of aromatic nitrogens is 3. The number of aryl methyl sites for hydroxylation is 1. The van der Waals surface area contributed by atoms with Crippen molar-refractivity contribution >= 4 is 17.7 Å². The maximum absolute atomic E-state index is 10.8. The Balaban J connectivity index is 2.27. The third-order valence-corrected chi connectivity index (χ3v) is 5.18. The smallest absolute Gasteiger partial charge is 0.313 e. The van der Waals surface area contributed by atoms with Crippen molar-refractivity contribution in [1.29, 1.82) is 0 Å². The predicted octanol–water partition coefficient (Wildman–Crippen LogP) is 2.39. The van der Waals surface area contributed by atoms with Crippen LogP contribution in [0.4, 0.5) is 0 Å². The third kappa shape index (κ3) is 3.08. The van der Waals surface area contributed by atoms with Gasteiger partial charge in [-0.1, -0.05) is 32.5 Å². The Morgan fingerprint density at radius 2 is 2.24 bits per heavy atom. The van der Waals surface area contributed by atoms with Crippen LogP contribution >= 0.6 is 11.8 Å². The van der Waals surface area contributed by atoms with Crippen molar-refractivity contribution in [3.8, 4) is 0 Å². The van der Waals surface area contributed by atoms with Crippen LogP contribution in [0.15, 0.2) is 5.16 Å². The molecule has 2 rings (SSSR count). The van der Waals surface area contributed by atoms with Gasteiger partial charge in [0.25, 0.3) is 0 Å². The topological polar surface area (TPSA) is 77.2 Å². The van der Waals surface area contributed by atoms with E-state index in [9.17, 15) is 4.79 Å².